The fraction of sp³-hybridized carbons (Fsp3) is 0.381. The van der Waals surface area contributed by atoms with Crippen molar-refractivity contribution in [3.63, 3.8) is 0 Å². The normalized spacial score (nSPS) is 19.1. The Kier molecular flexibility index (Phi) is 4.61. The number of nitrogens with two attached hydrogens (primary N) is 1. The predicted molar refractivity (Wildman–Crippen MR) is 123 cm³/mol. The average molecular weight is 435 g/mol. The molecule has 11 nitrogen and oxygen atoms in total. The SMILES string of the molecule is C[C@H]1CN(C(=O)Nc2nn(C)c3ccccc23)C[C@H](C)N1c1nc(N)nc2c1cnn2C. The molecule has 32 heavy (non-hydrogen) atoms. The summed E-state index contributed by atoms with van der Waals surface area (Å²) >= 11 is 0. The molecule has 0 aliphatic carbocycles. The largest absolute Gasteiger partial charge is 0.368 e. The highest BCUT2D eigenvalue weighted by Crippen LogP contribution is 2.30. The Labute approximate surface area is 184 Å². The molecule has 2 atom stereocenters. The van der Waals surface area contributed by atoms with Gasteiger partial charge in [0.25, 0.3) is 0 Å². The molecule has 4 aromatic rings. The molecule has 0 unspecified atom stereocenters. The fourth-order valence-corrected chi connectivity index (χ4v) is 4.61. The summed E-state index contributed by atoms with van der Waals surface area (Å²) in [5.41, 5.74) is 7.64. The number of nitrogens with one attached hydrogen (secondary N) is 1. The molecule has 11 heteroatoms. The Morgan fingerprint density at radius 2 is 1.78 bits per heavy atom. The maximum absolute atomic E-state index is 13.1. The first-order valence-electron chi connectivity index (χ1n) is 10.5. The van der Waals surface area contributed by atoms with E-state index in [-0.39, 0.29) is 24.1 Å². The third-order valence-electron chi connectivity index (χ3n) is 6.02. The number of urea groups is 1. The van der Waals surface area contributed by atoms with E-state index in [4.69, 9.17) is 5.73 Å². The monoisotopic (exact) mass is 434 g/mol. The summed E-state index contributed by atoms with van der Waals surface area (Å²) in [4.78, 5) is 26.0. The summed E-state index contributed by atoms with van der Waals surface area (Å²) in [5, 5.41) is 13.5. The van der Waals surface area contributed by atoms with Crippen molar-refractivity contribution < 1.29 is 4.79 Å². The summed E-state index contributed by atoms with van der Waals surface area (Å²) in [6, 6.07) is 7.70. The Bertz CT molecular complexity index is 1310. The fourth-order valence-electron chi connectivity index (χ4n) is 4.61. The summed E-state index contributed by atoms with van der Waals surface area (Å²) in [7, 11) is 3.70. The number of nitrogens with zero attached hydrogens (tertiary/aromatic N) is 8. The minimum Gasteiger partial charge on any atom is -0.368 e. The van der Waals surface area contributed by atoms with E-state index in [1.807, 2.05) is 43.3 Å². The molecule has 166 valence electrons. The number of amides is 2. The first-order chi connectivity index (χ1) is 15.3. The lowest BCUT2D eigenvalue weighted by molar-refractivity contribution is 0.189. The number of benzene rings is 1. The van der Waals surface area contributed by atoms with Gasteiger partial charge in [0.1, 0.15) is 5.82 Å². The zero-order chi connectivity index (χ0) is 22.6. The Morgan fingerprint density at radius 3 is 2.53 bits per heavy atom. The van der Waals surface area contributed by atoms with Crippen molar-refractivity contribution in [2.45, 2.75) is 25.9 Å². The van der Waals surface area contributed by atoms with Crippen molar-refractivity contribution in [1.82, 2.24) is 34.4 Å². The number of rotatable bonds is 2. The molecule has 2 amide bonds. The smallest absolute Gasteiger partial charge is 0.323 e. The second kappa shape index (κ2) is 7.36. The molecule has 5 rings (SSSR count). The molecule has 1 aromatic carbocycles. The van der Waals surface area contributed by atoms with Crippen molar-refractivity contribution in [1.29, 1.82) is 0 Å². The number of para-hydroxylation sites is 1. The standard InChI is InChI=1S/C21H26N10O/c1-12-10-30(21(32)24-17-14-7-5-6-8-16(14)28(3)27-17)11-13(2)31(12)19-15-9-23-29(4)18(15)25-20(22)26-19/h5-9,12-13H,10-11H2,1-4H3,(H2,22,25,26)(H,24,27,32)/t12-,13-/m0/s1. The van der Waals surface area contributed by atoms with Crippen LogP contribution in [0.2, 0.25) is 0 Å². The summed E-state index contributed by atoms with van der Waals surface area (Å²) in [6.07, 6.45) is 1.76. The molecule has 4 heterocycles. The number of fused-ring (bicyclic) bond motifs is 2. The van der Waals surface area contributed by atoms with E-state index in [1.54, 1.807) is 15.6 Å². The highest BCUT2D eigenvalue weighted by atomic mass is 16.2. The van der Waals surface area contributed by atoms with Crippen molar-refractivity contribution >= 4 is 45.6 Å². The van der Waals surface area contributed by atoms with Crippen LogP contribution in [0.5, 0.6) is 0 Å². The minimum absolute atomic E-state index is 0.0164. The molecular weight excluding hydrogens is 408 g/mol. The number of hydrogen-bond acceptors (Lipinski definition) is 7. The maximum Gasteiger partial charge on any atom is 0.323 e. The van der Waals surface area contributed by atoms with Crippen LogP contribution in [0.25, 0.3) is 21.9 Å². The molecule has 3 N–H and O–H groups in total. The van der Waals surface area contributed by atoms with Gasteiger partial charge in [-0.25, -0.2) is 4.79 Å². The van der Waals surface area contributed by atoms with Crippen LogP contribution in [0.1, 0.15) is 13.8 Å². The lowest BCUT2D eigenvalue weighted by Crippen LogP contribution is -2.59. The first-order valence-corrected chi connectivity index (χ1v) is 10.5. The molecular formula is C21H26N10O. The highest BCUT2D eigenvalue weighted by Gasteiger charge is 2.34. The molecule has 1 aliphatic rings. The van der Waals surface area contributed by atoms with Crippen LogP contribution in [0.15, 0.2) is 30.5 Å². The number of anilines is 3. The summed E-state index contributed by atoms with van der Waals surface area (Å²) in [6.45, 7) is 5.22. The maximum atomic E-state index is 13.1. The first kappa shape index (κ1) is 20.0. The van der Waals surface area contributed by atoms with Crippen molar-refractivity contribution in [2.24, 2.45) is 14.1 Å². The van der Waals surface area contributed by atoms with Gasteiger partial charge in [-0.3, -0.25) is 14.7 Å². The van der Waals surface area contributed by atoms with Crippen LogP contribution in [-0.2, 0) is 14.1 Å². The number of aromatic nitrogens is 6. The number of aryl methyl sites for hydroxylation is 2. The van der Waals surface area contributed by atoms with E-state index in [9.17, 15) is 4.79 Å². The lowest BCUT2D eigenvalue weighted by Gasteiger charge is -2.45. The van der Waals surface area contributed by atoms with Gasteiger partial charge >= 0.3 is 6.03 Å². The molecule has 0 radical (unpaired) electrons. The third-order valence-corrected chi connectivity index (χ3v) is 6.02. The Morgan fingerprint density at radius 1 is 1.06 bits per heavy atom. The van der Waals surface area contributed by atoms with Gasteiger partial charge in [0.2, 0.25) is 5.95 Å². The lowest BCUT2D eigenvalue weighted by atomic mass is 10.1. The van der Waals surface area contributed by atoms with Gasteiger partial charge in [-0.15, -0.1) is 0 Å². The zero-order valence-electron chi connectivity index (χ0n) is 18.5. The van der Waals surface area contributed by atoms with Gasteiger partial charge in [0.05, 0.1) is 17.1 Å². The van der Waals surface area contributed by atoms with E-state index in [0.29, 0.717) is 24.6 Å². The quantitative estimate of drug-likeness (QED) is 0.494. The summed E-state index contributed by atoms with van der Waals surface area (Å²) in [5.74, 6) is 1.52. The molecule has 0 spiro atoms. The minimum atomic E-state index is -0.166. The third kappa shape index (κ3) is 3.17. The number of carbonyl (C=O) groups is 1. The molecule has 0 bridgehead atoms. The van der Waals surface area contributed by atoms with Gasteiger partial charge in [0.15, 0.2) is 11.5 Å². The second-order valence-corrected chi connectivity index (χ2v) is 8.34. The highest BCUT2D eigenvalue weighted by molar-refractivity contribution is 5.99. The van der Waals surface area contributed by atoms with E-state index in [1.165, 1.54) is 0 Å². The zero-order valence-corrected chi connectivity index (χ0v) is 18.5. The van der Waals surface area contributed by atoms with Gasteiger partial charge in [-0.1, -0.05) is 12.1 Å². The van der Waals surface area contributed by atoms with Crippen molar-refractivity contribution in [2.75, 3.05) is 29.0 Å². The van der Waals surface area contributed by atoms with E-state index in [0.717, 1.165) is 22.1 Å². The molecule has 1 fully saturated rings. The van der Waals surface area contributed by atoms with E-state index in [2.05, 4.69) is 44.2 Å². The summed E-state index contributed by atoms with van der Waals surface area (Å²) < 4.78 is 3.46. The van der Waals surface area contributed by atoms with Gasteiger partial charge in [0, 0.05) is 44.7 Å². The van der Waals surface area contributed by atoms with Crippen LogP contribution in [0.3, 0.4) is 0 Å². The molecule has 0 saturated carbocycles. The van der Waals surface area contributed by atoms with Crippen LogP contribution in [0, 0.1) is 0 Å². The number of nitrogen functional groups attached to an aromatic ring is 1. The molecule has 1 saturated heterocycles. The van der Waals surface area contributed by atoms with Crippen LogP contribution in [0.4, 0.5) is 22.4 Å². The van der Waals surface area contributed by atoms with E-state index < -0.39 is 0 Å². The number of piperazine rings is 1. The van der Waals surface area contributed by atoms with E-state index >= 15 is 0 Å². The predicted octanol–water partition coefficient (Wildman–Crippen LogP) is 1.96. The van der Waals surface area contributed by atoms with Gasteiger partial charge in [-0.2, -0.15) is 20.2 Å². The Hall–Kier alpha value is -3.89. The molecule has 1 aliphatic heterocycles. The van der Waals surface area contributed by atoms with Crippen LogP contribution in [-0.4, -0.2) is 65.6 Å². The van der Waals surface area contributed by atoms with Gasteiger partial charge in [-0.05, 0) is 26.0 Å². The van der Waals surface area contributed by atoms with Crippen molar-refractivity contribution in [3.8, 4) is 0 Å². The van der Waals surface area contributed by atoms with Crippen molar-refractivity contribution in [3.05, 3.63) is 30.5 Å². The van der Waals surface area contributed by atoms with Crippen LogP contribution < -0.4 is 16.0 Å². The Balaban J connectivity index is 1.39. The van der Waals surface area contributed by atoms with Crippen LogP contribution >= 0.6 is 0 Å². The molecule has 3 aromatic heterocycles. The average Bonchev–Trinajstić information content (AvgIpc) is 3.28. The number of carbonyl (C=O) groups excluding carboxylic acids is 1. The van der Waals surface area contributed by atoms with Gasteiger partial charge < -0.3 is 15.5 Å². The second-order valence-electron chi connectivity index (χ2n) is 8.34. The topological polar surface area (TPSA) is 123 Å². The number of hydrogen-bond donors (Lipinski definition) is 2.